The zero-order valence-electron chi connectivity index (χ0n) is 12.7. The van der Waals surface area contributed by atoms with Crippen molar-refractivity contribution in [1.29, 1.82) is 0 Å². The highest BCUT2D eigenvalue weighted by Gasteiger charge is 2.20. The van der Waals surface area contributed by atoms with Gasteiger partial charge < -0.3 is 9.88 Å². The predicted octanol–water partition coefficient (Wildman–Crippen LogP) is 3.03. The third-order valence-corrected chi connectivity index (χ3v) is 4.05. The number of rotatable bonds is 4. The van der Waals surface area contributed by atoms with E-state index in [4.69, 9.17) is 4.98 Å². The van der Waals surface area contributed by atoms with Gasteiger partial charge in [0.25, 0.3) is 0 Å². The Balaban J connectivity index is 1.85. The van der Waals surface area contributed by atoms with Crippen LogP contribution in [0.3, 0.4) is 0 Å². The topological polar surface area (TPSA) is 29.9 Å². The highest BCUT2D eigenvalue weighted by Crippen LogP contribution is 2.22. The number of halogens is 1. The molecule has 1 aromatic heterocycles. The van der Waals surface area contributed by atoms with Crippen LogP contribution in [0.25, 0.3) is 0 Å². The third-order valence-electron chi connectivity index (χ3n) is 4.05. The van der Waals surface area contributed by atoms with Gasteiger partial charge in [0.15, 0.2) is 0 Å². The molecule has 21 heavy (non-hydrogen) atoms. The minimum atomic E-state index is -0.159. The van der Waals surface area contributed by atoms with Crippen LogP contribution in [0, 0.1) is 5.82 Å². The van der Waals surface area contributed by atoms with Crippen molar-refractivity contribution in [2.75, 3.05) is 6.54 Å². The zero-order chi connectivity index (χ0) is 14.8. The van der Waals surface area contributed by atoms with Crippen LogP contribution in [0.15, 0.2) is 24.3 Å². The minimum Gasteiger partial charge on any atom is -0.331 e. The highest BCUT2D eigenvalue weighted by atomic mass is 19.1. The molecule has 112 valence electrons. The molecular weight excluding hydrogens is 265 g/mol. The number of hydrogen-bond acceptors (Lipinski definition) is 2. The Bertz CT molecular complexity index is 631. The largest absolute Gasteiger partial charge is 0.331 e. The van der Waals surface area contributed by atoms with Crippen molar-refractivity contribution in [1.82, 2.24) is 14.9 Å². The van der Waals surface area contributed by atoms with Gasteiger partial charge in [0, 0.05) is 37.7 Å². The molecule has 1 aliphatic rings. The lowest BCUT2D eigenvalue weighted by molar-refractivity contribution is 0.565. The number of nitrogens with zero attached hydrogens (tertiary/aromatic N) is 2. The molecule has 3 nitrogen and oxygen atoms in total. The van der Waals surface area contributed by atoms with E-state index in [1.165, 1.54) is 17.5 Å². The number of fused-ring (bicyclic) bond motifs is 1. The van der Waals surface area contributed by atoms with E-state index in [1.807, 2.05) is 6.07 Å². The Kier molecular flexibility index (Phi) is 4.06. The maximum absolute atomic E-state index is 13.3. The molecule has 1 N–H and O–H groups in total. The molecule has 0 fully saturated rings. The van der Waals surface area contributed by atoms with E-state index < -0.39 is 0 Å². The number of benzene rings is 1. The van der Waals surface area contributed by atoms with Crippen molar-refractivity contribution in [2.24, 2.45) is 0 Å². The highest BCUT2D eigenvalue weighted by molar-refractivity contribution is 5.23. The molecule has 0 atom stereocenters. The molecule has 0 unspecified atom stereocenters. The molecule has 1 aromatic carbocycles. The van der Waals surface area contributed by atoms with Gasteiger partial charge in [0.05, 0.1) is 5.69 Å². The molecule has 3 rings (SSSR count). The number of aryl methyl sites for hydroxylation is 1. The van der Waals surface area contributed by atoms with E-state index in [0.29, 0.717) is 5.92 Å². The first kappa shape index (κ1) is 14.3. The summed E-state index contributed by atoms with van der Waals surface area (Å²) in [5.41, 5.74) is 3.58. The Labute approximate surface area is 125 Å². The first-order valence-electron chi connectivity index (χ1n) is 7.68. The van der Waals surface area contributed by atoms with E-state index >= 15 is 0 Å². The molecule has 0 radical (unpaired) electrons. The van der Waals surface area contributed by atoms with Crippen LogP contribution in [0.2, 0.25) is 0 Å². The average Bonchev–Trinajstić information content (AvgIpc) is 2.84. The number of aromatic nitrogens is 2. The summed E-state index contributed by atoms with van der Waals surface area (Å²) in [6.07, 6.45) is 1.87. The quantitative estimate of drug-likeness (QED) is 0.936. The second-order valence-corrected chi connectivity index (χ2v) is 5.98. The lowest BCUT2D eigenvalue weighted by Gasteiger charge is -2.17. The molecule has 0 bridgehead atoms. The second-order valence-electron chi connectivity index (χ2n) is 5.98. The lowest BCUT2D eigenvalue weighted by Crippen LogP contribution is -2.25. The lowest BCUT2D eigenvalue weighted by atomic mass is 10.1. The van der Waals surface area contributed by atoms with Crippen molar-refractivity contribution in [3.05, 3.63) is 52.9 Å². The van der Waals surface area contributed by atoms with Crippen LogP contribution in [0.5, 0.6) is 0 Å². The van der Waals surface area contributed by atoms with Crippen LogP contribution in [0.4, 0.5) is 4.39 Å². The van der Waals surface area contributed by atoms with E-state index in [2.05, 4.69) is 23.7 Å². The van der Waals surface area contributed by atoms with Gasteiger partial charge in [-0.05, 0) is 24.1 Å². The van der Waals surface area contributed by atoms with Crippen LogP contribution in [0.1, 0.15) is 42.5 Å². The van der Waals surface area contributed by atoms with E-state index in [-0.39, 0.29) is 5.82 Å². The van der Waals surface area contributed by atoms with Gasteiger partial charge in [-0.2, -0.15) is 0 Å². The van der Waals surface area contributed by atoms with Crippen LogP contribution >= 0.6 is 0 Å². The smallest absolute Gasteiger partial charge is 0.123 e. The third kappa shape index (κ3) is 3.00. The van der Waals surface area contributed by atoms with Crippen LogP contribution in [-0.4, -0.2) is 16.1 Å². The fraction of sp³-hybridized carbons (Fsp3) is 0.471. The van der Waals surface area contributed by atoms with Crippen molar-refractivity contribution in [3.8, 4) is 0 Å². The fourth-order valence-corrected chi connectivity index (χ4v) is 3.02. The second kappa shape index (κ2) is 5.98. The molecule has 0 aliphatic carbocycles. The van der Waals surface area contributed by atoms with Crippen molar-refractivity contribution in [2.45, 2.75) is 45.7 Å². The van der Waals surface area contributed by atoms with Gasteiger partial charge in [0.1, 0.15) is 11.6 Å². The summed E-state index contributed by atoms with van der Waals surface area (Å²) in [6.45, 7) is 7.11. The molecule has 1 aliphatic heterocycles. The summed E-state index contributed by atoms with van der Waals surface area (Å²) in [7, 11) is 0. The summed E-state index contributed by atoms with van der Waals surface area (Å²) in [6, 6.07) is 6.89. The van der Waals surface area contributed by atoms with Crippen LogP contribution in [-0.2, 0) is 25.9 Å². The number of hydrogen-bond donors (Lipinski definition) is 1. The first-order valence-corrected chi connectivity index (χ1v) is 7.68. The van der Waals surface area contributed by atoms with Gasteiger partial charge in [-0.15, -0.1) is 0 Å². The minimum absolute atomic E-state index is 0.159. The fourth-order valence-electron chi connectivity index (χ4n) is 3.02. The molecule has 0 amide bonds. The molecule has 0 saturated carbocycles. The van der Waals surface area contributed by atoms with E-state index in [9.17, 15) is 4.39 Å². The maximum Gasteiger partial charge on any atom is 0.123 e. The molecule has 0 saturated heterocycles. The Morgan fingerprint density at radius 3 is 3.00 bits per heavy atom. The molecule has 4 heteroatoms. The monoisotopic (exact) mass is 287 g/mol. The van der Waals surface area contributed by atoms with Gasteiger partial charge in [-0.25, -0.2) is 9.37 Å². The first-order chi connectivity index (χ1) is 10.1. The summed E-state index contributed by atoms with van der Waals surface area (Å²) in [5.74, 6) is 1.40. The van der Waals surface area contributed by atoms with Crippen molar-refractivity contribution in [3.63, 3.8) is 0 Å². The number of imidazole rings is 1. The van der Waals surface area contributed by atoms with Crippen molar-refractivity contribution < 1.29 is 4.39 Å². The SMILES string of the molecule is CC(C)c1nc2c(n1CCc1cccc(F)c1)CCNC2. The summed E-state index contributed by atoms with van der Waals surface area (Å²) in [4.78, 5) is 4.81. The normalized spacial score (nSPS) is 14.5. The van der Waals surface area contributed by atoms with Gasteiger partial charge >= 0.3 is 0 Å². The van der Waals surface area contributed by atoms with Gasteiger partial charge in [0.2, 0.25) is 0 Å². The summed E-state index contributed by atoms with van der Waals surface area (Å²) >= 11 is 0. The van der Waals surface area contributed by atoms with Gasteiger partial charge in [-0.1, -0.05) is 26.0 Å². The Morgan fingerprint density at radius 1 is 1.38 bits per heavy atom. The molecule has 2 aromatic rings. The Hall–Kier alpha value is -1.68. The van der Waals surface area contributed by atoms with Crippen molar-refractivity contribution >= 4 is 0 Å². The summed E-state index contributed by atoms with van der Waals surface area (Å²) in [5, 5.41) is 3.38. The zero-order valence-corrected chi connectivity index (χ0v) is 12.7. The Morgan fingerprint density at radius 2 is 2.24 bits per heavy atom. The maximum atomic E-state index is 13.3. The van der Waals surface area contributed by atoms with Crippen LogP contribution < -0.4 is 5.32 Å². The molecular formula is C17H22FN3. The standard InChI is InChI=1S/C17H22FN3/c1-12(2)17-20-15-11-19-8-6-16(15)21(17)9-7-13-4-3-5-14(18)10-13/h3-5,10,12,19H,6-9,11H2,1-2H3. The predicted molar refractivity (Wildman–Crippen MR) is 81.8 cm³/mol. The average molecular weight is 287 g/mol. The summed E-state index contributed by atoms with van der Waals surface area (Å²) < 4.78 is 15.6. The van der Waals surface area contributed by atoms with E-state index in [1.54, 1.807) is 12.1 Å². The molecule has 0 spiro atoms. The van der Waals surface area contributed by atoms with Gasteiger partial charge in [-0.3, -0.25) is 0 Å². The van der Waals surface area contributed by atoms with E-state index in [0.717, 1.165) is 43.9 Å². The number of nitrogens with one attached hydrogen (secondary N) is 1. The molecule has 2 heterocycles.